The van der Waals surface area contributed by atoms with Gasteiger partial charge < -0.3 is 5.73 Å². The molecule has 1 aliphatic rings. The van der Waals surface area contributed by atoms with Crippen molar-refractivity contribution in [3.8, 4) is 22.5 Å². The molecule has 2 aromatic carbocycles. The van der Waals surface area contributed by atoms with Gasteiger partial charge >= 0.3 is 6.18 Å². The number of hydrogen-bond acceptors (Lipinski definition) is 6. The smallest absolute Gasteiger partial charge is 0.324 e. The average molecular weight is 437 g/mol. The summed E-state index contributed by atoms with van der Waals surface area (Å²) in [4.78, 5) is -0.868. The van der Waals surface area contributed by atoms with Crippen molar-refractivity contribution in [2.45, 2.75) is 36.4 Å². The third kappa shape index (κ3) is 3.58. The predicted molar refractivity (Wildman–Crippen MR) is 103 cm³/mol. The van der Waals surface area contributed by atoms with E-state index >= 15 is 0 Å². The second-order valence-electron chi connectivity index (χ2n) is 7.30. The van der Waals surface area contributed by atoms with E-state index in [4.69, 9.17) is 5.73 Å². The van der Waals surface area contributed by atoms with Gasteiger partial charge in [-0.1, -0.05) is 18.2 Å². The van der Waals surface area contributed by atoms with Crippen LogP contribution in [0.15, 0.2) is 35.2 Å². The van der Waals surface area contributed by atoms with Gasteiger partial charge in [0.25, 0.3) is 0 Å². The van der Waals surface area contributed by atoms with Crippen LogP contribution in [0.5, 0.6) is 0 Å². The quantitative estimate of drug-likeness (QED) is 0.650. The van der Waals surface area contributed by atoms with Crippen molar-refractivity contribution >= 4 is 9.84 Å². The Hall–Kier alpha value is -2.79. The molecule has 0 saturated heterocycles. The largest absolute Gasteiger partial charge is 0.417 e. The molecule has 1 aromatic heterocycles. The van der Waals surface area contributed by atoms with E-state index in [-0.39, 0.29) is 23.0 Å². The Bertz CT molecular complexity index is 1210. The minimum atomic E-state index is -4.88. The molecule has 0 fully saturated rings. The lowest BCUT2D eigenvalue weighted by Gasteiger charge is -2.24. The molecule has 3 N–H and O–H groups in total. The fourth-order valence-corrected chi connectivity index (χ4v) is 5.10. The standard InChI is InChI=1S/C19H18F3N5O2S/c1-30(28,29)17-14(19(20,21)22)8-7-12(16(17)18-24-26-27-25-18)11-6-5-10-3-2-4-15(23)13(10)9-11/h5-9,15H,2-4,23H2,1H3,(H,24,25,26,27). The number of hydrogen-bond donors (Lipinski definition) is 2. The van der Waals surface area contributed by atoms with Crippen molar-refractivity contribution in [1.82, 2.24) is 20.6 Å². The second-order valence-corrected chi connectivity index (χ2v) is 9.25. The van der Waals surface area contributed by atoms with Crippen LogP contribution in [0.4, 0.5) is 13.2 Å². The summed E-state index contributed by atoms with van der Waals surface area (Å²) < 4.78 is 66.0. The van der Waals surface area contributed by atoms with E-state index < -0.39 is 26.5 Å². The number of benzene rings is 2. The number of fused-ring (bicyclic) bond motifs is 1. The van der Waals surface area contributed by atoms with E-state index in [1.165, 1.54) is 6.07 Å². The van der Waals surface area contributed by atoms with Crippen LogP contribution in [0.2, 0.25) is 0 Å². The molecule has 0 amide bonds. The van der Waals surface area contributed by atoms with Gasteiger partial charge in [0.05, 0.1) is 10.5 Å². The second kappa shape index (κ2) is 7.17. The third-order valence-electron chi connectivity index (χ3n) is 5.23. The summed E-state index contributed by atoms with van der Waals surface area (Å²) in [6.45, 7) is 0. The van der Waals surface area contributed by atoms with E-state index in [2.05, 4.69) is 20.6 Å². The molecule has 1 heterocycles. The summed E-state index contributed by atoms with van der Waals surface area (Å²) in [7, 11) is -4.29. The summed E-state index contributed by atoms with van der Waals surface area (Å²) in [5, 5.41) is 12.9. The third-order valence-corrected chi connectivity index (χ3v) is 6.40. The summed E-state index contributed by atoms with van der Waals surface area (Å²) in [6.07, 6.45) is -1.52. The van der Waals surface area contributed by atoms with Gasteiger partial charge in [-0.3, -0.25) is 0 Å². The van der Waals surface area contributed by atoms with E-state index in [1.54, 1.807) is 12.1 Å². The number of nitrogens with two attached hydrogens (primary N) is 1. The molecule has 4 rings (SSSR count). The maximum Gasteiger partial charge on any atom is 0.417 e. The Morgan fingerprint density at radius 3 is 2.60 bits per heavy atom. The van der Waals surface area contributed by atoms with Crippen LogP contribution in [0.1, 0.15) is 35.6 Å². The predicted octanol–water partition coefficient (Wildman–Crippen LogP) is 3.29. The molecular formula is C19H18F3N5O2S. The summed E-state index contributed by atoms with van der Waals surface area (Å²) in [5.74, 6) is -0.168. The van der Waals surface area contributed by atoms with Crippen LogP contribution in [-0.2, 0) is 22.4 Å². The minimum absolute atomic E-state index is 0.168. The summed E-state index contributed by atoms with van der Waals surface area (Å²) in [5.41, 5.74) is 7.52. The Labute approximate surface area is 170 Å². The Balaban J connectivity index is 2.06. The molecule has 158 valence electrons. The molecule has 7 nitrogen and oxygen atoms in total. The van der Waals surface area contributed by atoms with Gasteiger partial charge in [-0.2, -0.15) is 13.2 Å². The number of rotatable bonds is 3. The summed E-state index contributed by atoms with van der Waals surface area (Å²) in [6, 6.07) is 7.26. The molecule has 0 bridgehead atoms. The molecule has 1 atom stereocenters. The first-order valence-electron chi connectivity index (χ1n) is 9.14. The number of alkyl halides is 3. The van der Waals surface area contributed by atoms with E-state index in [9.17, 15) is 21.6 Å². The minimum Gasteiger partial charge on any atom is -0.324 e. The number of sulfone groups is 1. The van der Waals surface area contributed by atoms with Gasteiger partial charge in [0.15, 0.2) is 15.7 Å². The number of tetrazole rings is 1. The molecule has 1 unspecified atom stereocenters. The zero-order valence-electron chi connectivity index (χ0n) is 15.9. The van der Waals surface area contributed by atoms with E-state index in [0.717, 1.165) is 42.7 Å². The van der Waals surface area contributed by atoms with Crippen LogP contribution in [0.3, 0.4) is 0 Å². The SMILES string of the molecule is CS(=O)(=O)c1c(C(F)(F)F)ccc(-c2ccc3c(c2)C(N)CCC3)c1-c1nnn[nH]1. The van der Waals surface area contributed by atoms with Crippen molar-refractivity contribution < 1.29 is 21.6 Å². The van der Waals surface area contributed by atoms with Crippen LogP contribution in [0, 0.1) is 0 Å². The van der Waals surface area contributed by atoms with Crippen molar-refractivity contribution in [2.75, 3.05) is 6.26 Å². The molecular weight excluding hydrogens is 419 g/mol. The molecule has 0 saturated carbocycles. The maximum absolute atomic E-state index is 13.7. The molecule has 1 aliphatic carbocycles. The molecule has 0 aliphatic heterocycles. The number of H-pyrrole nitrogens is 1. The van der Waals surface area contributed by atoms with Crippen LogP contribution < -0.4 is 5.73 Å². The molecule has 0 radical (unpaired) electrons. The van der Waals surface area contributed by atoms with Crippen LogP contribution in [0.25, 0.3) is 22.5 Å². The first kappa shape index (κ1) is 20.5. The Kier molecular flexibility index (Phi) is 4.89. The number of nitrogens with zero attached hydrogens (tertiary/aromatic N) is 3. The molecule has 3 aromatic rings. The number of aryl methyl sites for hydroxylation is 1. The van der Waals surface area contributed by atoms with Crippen molar-refractivity contribution in [3.05, 3.63) is 47.0 Å². The lowest BCUT2D eigenvalue weighted by atomic mass is 9.85. The zero-order valence-corrected chi connectivity index (χ0v) is 16.7. The Morgan fingerprint density at radius 2 is 1.97 bits per heavy atom. The topological polar surface area (TPSA) is 115 Å². The van der Waals surface area contributed by atoms with Gasteiger partial charge in [-0.05, 0) is 64.1 Å². The van der Waals surface area contributed by atoms with Crippen molar-refractivity contribution in [3.63, 3.8) is 0 Å². The number of nitrogens with one attached hydrogen (secondary N) is 1. The summed E-state index contributed by atoms with van der Waals surface area (Å²) >= 11 is 0. The van der Waals surface area contributed by atoms with Gasteiger partial charge in [0.1, 0.15) is 0 Å². The fraction of sp³-hybridized carbons (Fsp3) is 0.316. The highest BCUT2D eigenvalue weighted by atomic mass is 32.2. The van der Waals surface area contributed by atoms with Gasteiger partial charge in [0.2, 0.25) is 0 Å². The van der Waals surface area contributed by atoms with Crippen molar-refractivity contribution in [1.29, 1.82) is 0 Å². The lowest BCUT2D eigenvalue weighted by molar-refractivity contribution is -0.139. The number of aromatic amines is 1. The maximum atomic E-state index is 13.7. The lowest BCUT2D eigenvalue weighted by Crippen LogP contribution is -2.17. The van der Waals surface area contributed by atoms with Crippen LogP contribution >= 0.6 is 0 Å². The first-order chi connectivity index (χ1) is 14.1. The normalized spacial score (nSPS) is 17.0. The number of halogens is 3. The monoisotopic (exact) mass is 437 g/mol. The molecule has 11 heteroatoms. The van der Waals surface area contributed by atoms with Gasteiger partial charge in [0, 0.05) is 17.9 Å². The zero-order chi connectivity index (χ0) is 21.7. The van der Waals surface area contributed by atoms with Gasteiger partial charge in [-0.25, -0.2) is 13.5 Å². The highest BCUT2D eigenvalue weighted by Gasteiger charge is 2.39. The molecule has 30 heavy (non-hydrogen) atoms. The van der Waals surface area contributed by atoms with E-state index in [0.29, 0.717) is 5.56 Å². The fourth-order valence-electron chi connectivity index (χ4n) is 3.93. The van der Waals surface area contributed by atoms with Crippen LogP contribution in [-0.4, -0.2) is 35.3 Å². The average Bonchev–Trinajstić information content (AvgIpc) is 3.20. The number of aromatic nitrogens is 4. The van der Waals surface area contributed by atoms with Gasteiger partial charge in [-0.15, -0.1) is 5.10 Å². The molecule has 0 spiro atoms. The van der Waals surface area contributed by atoms with E-state index in [1.807, 2.05) is 6.07 Å². The highest BCUT2D eigenvalue weighted by Crippen LogP contribution is 2.44. The highest BCUT2D eigenvalue weighted by molar-refractivity contribution is 7.91. The van der Waals surface area contributed by atoms with Crippen molar-refractivity contribution in [2.24, 2.45) is 5.73 Å². The first-order valence-corrected chi connectivity index (χ1v) is 11.0. The Morgan fingerprint density at radius 1 is 1.20 bits per heavy atom.